The second kappa shape index (κ2) is 8.96. The van der Waals surface area contributed by atoms with Crippen LogP contribution in [0.3, 0.4) is 0 Å². The first-order valence-corrected chi connectivity index (χ1v) is 9.71. The van der Waals surface area contributed by atoms with E-state index in [2.05, 4.69) is 28.9 Å². The lowest BCUT2D eigenvalue weighted by Gasteiger charge is -2.25. The highest BCUT2D eigenvalue weighted by molar-refractivity contribution is 6.31. The molecule has 0 amide bonds. The number of hydrogen-bond acceptors (Lipinski definition) is 3. The second-order valence-corrected chi connectivity index (χ2v) is 7.19. The first kappa shape index (κ1) is 19.3. The molecule has 4 nitrogen and oxygen atoms in total. The van der Waals surface area contributed by atoms with E-state index in [1.165, 1.54) is 0 Å². The van der Waals surface area contributed by atoms with Crippen LogP contribution in [0.15, 0.2) is 60.3 Å². The van der Waals surface area contributed by atoms with Gasteiger partial charge in [0.15, 0.2) is 0 Å². The van der Waals surface area contributed by atoms with Crippen molar-refractivity contribution in [3.63, 3.8) is 0 Å². The molecule has 1 heterocycles. The standard InChI is InChI=1S/C22H25ClN2O2/c1-2-3-13-24-16-25(15-18-11-7-8-12-19(18)23)20(14-21(26)27)22(24)17-9-5-4-6-10-17/h4-12H,2-3,13-16H2,1H3,(H,26,27). The van der Waals surface area contributed by atoms with Gasteiger partial charge in [0.05, 0.1) is 24.5 Å². The summed E-state index contributed by atoms with van der Waals surface area (Å²) in [7, 11) is 0. The van der Waals surface area contributed by atoms with Crippen LogP contribution in [0.1, 0.15) is 37.3 Å². The molecule has 1 aliphatic heterocycles. The lowest BCUT2D eigenvalue weighted by atomic mass is 10.1. The number of aliphatic carboxylic acids is 1. The van der Waals surface area contributed by atoms with E-state index in [0.29, 0.717) is 18.2 Å². The summed E-state index contributed by atoms with van der Waals surface area (Å²) in [6, 6.07) is 17.8. The fourth-order valence-electron chi connectivity index (χ4n) is 3.49. The van der Waals surface area contributed by atoms with E-state index < -0.39 is 5.97 Å². The zero-order chi connectivity index (χ0) is 19.2. The zero-order valence-corrected chi connectivity index (χ0v) is 16.3. The van der Waals surface area contributed by atoms with Crippen molar-refractivity contribution in [2.75, 3.05) is 13.2 Å². The quantitative estimate of drug-likeness (QED) is 0.690. The Labute approximate surface area is 165 Å². The number of unbranched alkanes of at least 4 members (excludes halogenated alkanes) is 1. The molecular weight excluding hydrogens is 360 g/mol. The molecule has 3 rings (SSSR count). The van der Waals surface area contributed by atoms with Crippen molar-refractivity contribution in [3.8, 4) is 0 Å². The topological polar surface area (TPSA) is 43.8 Å². The van der Waals surface area contributed by atoms with Crippen molar-refractivity contribution in [2.24, 2.45) is 0 Å². The third-order valence-electron chi connectivity index (χ3n) is 4.78. The minimum Gasteiger partial charge on any atom is -0.481 e. The van der Waals surface area contributed by atoms with Crippen LogP contribution < -0.4 is 0 Å². The normalized spacial score (nSPS) is 14.1. The van der Waals surface area contributed by atoms with Crippen molar-refractivity contribution in [1.82, 2.24) is 9.80 Å². The fraction of sp³-hybridized carbons (Fsp3) is 0.318. The summed E-state index contributed by atoms with van der Waals surface area (Å²) in [6.45, 7) is 4.35. The van der Waals surface area contributed by atoms with Gasteiger partial charge in [-0.15, -0.1) is 0 Å². The SMILES string of the molecule is CCCCN1CN(Cc2ccccc2Cl)C(CC(=O)O)=C1c1ccccc1. The average Bonchev–Trinajstić information content (AvgIpc) is 2.99. The van der Waals surface area contributed by atoms with Gasteiger partial charge in [-0.25, -0.2) is 0 Å². The van der Waals surface area contributed by atoms with E-state index in [1.54, 1.807) is 0 Å². The second-order valence-electron chi connectivity index (χ2n) is 6.78. The molecule has 0 spiro atoms. The van der Waals surface area contributed by atoms with E-state index in [0.717, 1.165) is 41.9 Å². The average molecular weight is 385 g/mol. The van der Waals surface area contributed by atoms with Gasteiger partial charge in [0, 0.05) is 18.1 Å². The Morgan fingerprint density at radius 2 is 1.78 bits per heavy atom. The zero-order valence-electron chi connectivity index (χ0n) is 15.6. The molecule has 0 aliphatic carbocycles. The van der Waals surface area contributed by atoms with E-state index >= 15 is 0 Å². The van der Waals surface area contributed by atoms with Crippen molar-refractivity contribution in [1.29, 1.82) is 0 Å². The molecule has 1 aliphatic rings. The summed E-state index contributed by atoms with van der Waals surface area (Å²) in [5.41, 5.74) is 3.95. The Kier molecular flexibility index (Phi) is 6.40. The molecule has 2 aromatic rings. The van der Waals surface area contributed by atoms with Crippen LogP contribution >= 0.6 is 11.6 Å². The summed E-state index contributed by atoms with van der Waals surface area (Å²) in [6.07, 6.45) is 2.16. The van der Waals surface area contributed by atoms with Gasteiger partial charge in [-0.1, -0.05) is 73.5 Å². The predicted octanol–water partition coefficient (Wildman–Crippen LogP) is 5.06. The Morgan fingerprint density at radius 3 is 2.44 bits per heavy atom. The summed E-state index contributed by atoms with van der Waals surface area (Å²) in [4.78, 5) is 16.1. The van der Waals surface area contributed by atoms with Crippen LogP contribution in [-0.2, 0) is 11.3 Å². The number of carbonyl (C=O) groups is 1. The number of benzene rings is 2. The van der Waals surface area contributed by atoms with Crippen molar-refractivity contribution < 1.29 is 9.90 Å². The Bertz CT molecular complexity index is 820. The highest BCUT2D eigenvalue weighted by Gasteiger charge is 2.31. The summed E-state index contributed by atoms with van der Waals surface area (Å²) >= 11 is 6.36. The molecule has 142 valence electrons. The van der Waals surface area contributed by atoms with Gasteiger partial charge in [0.1, 0.15) is 0 Å². The number of carboxylic acids is 1. The van der Waals surface area contributed by atoms with E-state index in [9.17, 15) is 9.90 Å². The van der Waals surface area contributed by atoms with Gasteiger partial charge < -0.3 is 14.9 Å². The highest BCUT2D eigenvalue weighted by atomic mass is 35.5. The molecule has 0 saturated carbocycles. The van der Waals surface area contributed by atoms with Crippen LogP contribution in [0.4, 0.5) is 0 Å². The lowest BCUT2D eigenvalue weighted by molar-refractivity contribution is -0.136. The maximum absolute atomic E-state index is 11.6. The van der Waals surface area contributed by atoms with E-state index in [1.807, 2.05) is 42.5 Å². The van der Waals surface area contributed by atoms with Crippen molar-refractivity contribution >= 4 is 23.3 Å². The van der Waals surface area contributed by atoms with Crippen molar-refractivity contribution in [3.05, 3.63) is 76.4 Å². The third-order valence-corrected chi connectivity index (χ3v) is 5.15. The van der Waals surface area contributed by atoms with Gasteiger partial charge in [0.25, 0.3) is 0 Å². The number of nitrogens with zero attached hydrogens (tertiary/aromatic N) is 2. The fourth-order valence-corrected chi connectivity index (χ4v) is 3.68. The largest absolute Gasteiger partial charge is 0.481 e. The maximum atomic E-state index is 11.6. The van der Waals surface area contributed by atoms with Crippen LogP contribution in [0.5, 0.6) is 0 Å². The summed E-state index contributed by atoms with van der Waals surface area (Å²) in [5.74, 6) is -0.820. The Balaban J connectivity index is 2.00. The minimum atomic E-state index is -0.820. The lowest BCUT2D eigenvalue weighted by Crippen LogP contribution is -2.28. The molecule has 2 aromatic carbocycles. The first-order chi connectivity index (χ1) is 13.1. The molecule has 5 heteroatoms. The molecule has 0 atom stereocenters. The van der Waals surface area contributed by atoms with Crippen molar-refractivity contribution in [2.45, 2.75) is 32.7 Å². The van der Waals surface area contributed by atoms with Crippen LogP contribution in [0.25, 0.3) is 5.70 Å². The number of rotatable bonds is 8. The van der Waals surface area contributed by atoms with Crippen LogP contribution in [0, 0.1) is 0 Å². The summed E-state index contributed by atoms with van der Waals surface area (Å²) < 4.78 is 0. The van der Waals surface area contributed by atoms with Crippen LogP contribution in [0.2, 0.25) is 5.02 Å². The molecule has 0 saturated heterocycles. The molecule has 0 bridgehead atoms. The highest BCUT2D eigenvalue weighted by Crippen LogP contribution is 2.35. The van der Waals surface area contributed by atoms with E-state index in [-0.39, 0.29) is 6.42 Å². The van der Waals surface area contributed by atoms with Crippen LogP contribution in [-0.4, -0.2) is 34.1 Å². The van der Waals surface area contributed by atoms with Gasteiger partial charge in [0.2, 0.25) is 0 Å². The molecule has 27 heavy (non-hydrogen) atoms. The van der Waals surface area contributed by atoms with Gasteiger partial charge in [-0.05, 0) is 23.6 Å². The van der Waals surface area contributed by atoms with Gasteiger partial charge in [-0.3, -0.25) is 4.79 Å². The molecule has 0 fully saturated rings. The molecule has 0 aromatic heterocycles. The minimum absolute atomic E-state index is 0.00267. The summed E-state index contributed by atoms with van der Waals surface area (Å²) in [5, 5.41) is 10.2. The number of hydrogen-bond donors (Lipinski definition) is 1. The molecule has 1 N–H and O–H groups in total. The van der Waals surface area contributed by atoms with E-state index in [4.69, 9.17) is 11.6 Å². The van der Waals surface area contributed by atoms with Gasteiger partial charge in [-0.2, -0.15) is 0 Å². The molecule has 0 radical (unpaired) electrons. The molecule has 0 unspecified atom stereocenters. The smallest absolute Gasteiger partial charge is 0.309 e. The Morgan fingerprint density at radius 1 is 1.07 bits per heavy atom. The first-order valence-electron chi connectivity index (χ1n) is 9.33. The monoisotopic (exact) mass is 384 g/mol. The number of carboxylic acid groups (broad SMARTS) is 1. The Hall–Kier alpha value is -2.46. The predicted molar refractivity (Wildman–Crippen MR) is 109 cm³/mol. The number of halogens is 1. The maximum Gasteiger partial charge on any atom is 0.309 e. The van der Waals surface area contributed by atoms with Gasteiger partial charge >= 0.3 is 5.97 Å². The third kappa shape index (κ3) is 4.64. The molecular formula is C22H25ClN2O2.